The van der Waals surface area contributed by atoms with Gasteiger partial charge >= 0.3 is 0 Å². The largest absolute Gasteiger partial charge is 0.367 e. The van der Waals surface area contributed by atoms with Crippen LogP contribution in [0.1, 0.15) is 58.0 Å². The van der Waals surface area contributed by atoms with Crippen molar-refractivity contribution in [2.75, 3.05) is 5.73 Å². The molecule has 14 nitrogen and oxygen atoms in total. The Balaban J connectivity index is 1.31. The lowest BCUT2D eigenvalue weighted by Crippen LogP contribution is -2.52. The summed E-state index contributed by atoms with van der Waals surface area (Å²) >= 11 is 0. The first-order chi connectivity index (χ1) is 16.3. The van der Waals surface area contributed by atoms with Gasteiger partial charge in [-0.1, -0.05) is 11.3 Å². The SMILES string of the molecule is CC(NC(=O)c1cn(-c2ccc3c(c2)C(=O)N(C2CCC(=O)NC2=O)C3)nn1)c1nc(N)n[nH]1. The number of carbonyl (C=O) groups is 4. The second-order valence-corrected chi connectivity index (χ2v) is 8.06. The van der Waals surface area contributed by atoms with E-state index in [9.17, 15) is 19.2 Å². The molecular formula is C20H20N10O4. The van der Waals surface area contributed by atoms with Gasteiger partial charge in [-0.2, -0.15) is 4.98 Å². The van der Waals surface area contributed by atoms with Crippen molar-refractivity contribution in [1.82, 2.24) is 45.7 Å². The fraction of sp³-hybridized carbons (Fsp3) is 0.300. The summed E-state index contributed by atoms with van der Waals surface area (Å²) in [6.45, 7) is 1.98. The Morgan fingerprint density at radius 2 is 2.12 bits per heavy atom. The van der Waals surface area contributed by atoms with E-state index >= 15 is 0 Å². The third kappa shape index (κ3) is 3.74. The lowest BCUT2D eigenvalue weighted by atomic mass is 10.0. The predicted octanol–water partition coefficient (Wildman–Crippen LogP) is -0.780. The topological polar surface area (TPSA) is 194 Å². The van der Waals surface area contributed by atoms with Crippen LogP contribution in [0.15, 0.2) is 24.4 Å². The first kappa shape index (κ1) is 21.2. The third-order valence-corrected chi connectivity index (χ3v) is 5.78. The number of nitrogens with zero attached hydrogens (tertiary/aromatic N) is 6. The second kappa shape index (κ2) is 8.06. The molecule has 4 heterocycles. The van der Waals surface area contributed by atoms with Crippen molar-refractivity contribution in [2.45, 2.75) is 38.4 Å². The van der Waals surface area contributed by atoms with Crippen LogP contribution < -0.4 is 16.4 Å². The first-order valence-electron chi connectivity index (χ1n) is 10.5. The second-order valence-electron chi connectivity index (χ2n) is 8.06. The molecule has 3 aromatic rings. The van der Waals surface area contributed by atoms with E-state index in [0.717, 1.165) is 5.56 Å². The fourth-order valence-electron chi connectivity index (χ4n) is 4.00. The van der Waals surface area contributed by atoms with E-state index in [1.54, 1.807) is 25.1 Å². The minimum Gasteiger partial charge on any atom is -0.367 e. The van der Waals surface area contributed by atoms with E-state index in [2.05, 4.69) is 36.1 Å². The van der Waals surface area contributed by atoms with E-state index < -0.39 is 23.9 Å². The van der Waals surface area contributed by atoms with Gasteiger partial charge < -0.3 is 16.0 Å². The molecule has 1 fully saturated rings. The lowest BCUT2D eigenvalue weighted by molar-refractivity contribution is -0.136. The minimum atomic E-state index is -0.690. The molecule has 0 saturated carbocycles. The number of nitrogen functional groups attached to an aromatic ring is 1. The monoisotopic (exact) mass is 464 g/mol. The van der Waals surface area contributed by atoms with Crippen molar-refractivity contribution in [3.63, 3.8) is 0 Å². The van der Waals surface area contributed by atoms with Crippen molar-refractivity contribution in [2.24, 2.45) is 0 Å². The normalized spacial score (nSPS) is 18.6. The Morgan fingerprint density at radius 3 is 2.85 bits per heavy atom. The molecule has 0 aliphatic carbocycles. The van der Waals surface area contributed by atoms with Crippen molar-refractivity contribution in [1.29, 1.82) is 0 Å². The van der Waals surface area contributed by atoms with Gasteiger partial charge in [-0.05, 0) is 31.0 Å². The number of amides is 4. The van der Waals surface area contributed by atoms with Crippen LogP contribution in [-0.4, -0.2) is 64.7 Å². The molecule has 14 heteroatoms. The number of nitrogens with two attached hydrogens (primary N) is 1. The Bertz CT molecular complexity index is 1330. The average Bonchev–Trinajstić information content (AvgIpc) is 3.53. The Labute approximate surface area is 191 Å². The molecular weight excluding hydrogens is 444 g/mol. The number of hydrogen-bond donors (Lipinski definition) is 4. The summed E-state index contributed by atoms with van der Waals surface area (Å²) < 4.78 is 1.38. The van der Waals surface area contributed by atoms with Crippen LogP contribution in [0.4, 0.5) is 5.95 Å². The van der Waals surface area contributed by atoms with E-state index in [-0.39, 0.29) is 42.8 Å². The molecule has 2 aliphatic heterocycles. The van der Waals surface area contributed by atoms with Crippen LogP contribution in [0, 0.1) is 0 Å². The zero-order chi connectivity index (χ0) is 24.0. The molecule has 5 rings (SSSR count). The summed E-state index contributed by atoms with van der Waals surface area (Å²) in [6, 6.07) is 3.98. The van der Waals surface area contributed by atoms with E-state index in [1.165, 1.54) is 15.8 Å². The molecule has 2 atom stereocenters. The van der Waals surface area contributed by atoms with Crippen LogP contribution in [-0.2, 0) is 16.1 Å². The van der Waals surface area contributed by atoms with Crippen LogP contribution in [0.2, 0.25) is 0 Å². The van der Waals surface area contributed by atoms with Gasteiger partial charge in [0.15, 0.2) is 5.69 Å². The average molecular weight is 464 g/mol. The molecule has 2 unspecified atom stereocenters. The predicted molar refractivity (Wildman–Crippen MR) is 114 cm³/mol. The fourth-order valence-corrected chi connectivity index (χ4v) is 4.00. The van der Waals surface area contributed by atoms with E-state index in [4.69, 9.17) is 5.73 Å². The van der Waals surface area contributed by atoms with Gasteiger partial charge in [0.25, 0.3) is 11.8 Å². The number of fused-ring (bicyclic) bond motifs is 1. The van der Waals surface area contributed by atoms with Crippen LogP contribution in [0.25, 0.3) is 5.69 Å². The third-order valence-electron chi connectivity index (χ3n) is 5.78. The van der Waals surface area contributed by atoms with Crippen LogP contribution in [0.3, 0.4) is 0 Å². The number of carbonyl (C=O) groups excluding carboxylic acids is 4. The summed E-state index contributed by atoms with van der Waals surface area (Å²) in [7, 11) is 0. The van der Waals surface area contributed by atoms with E-state index in [0.29, 0.717) is 17.1 Å². The number of nitrogens with one attached hydrogen (secondary N) is 3. The molecule has 0 bridgehead atoms. The van der Waals surface area contributed by atoms with Crippen LogP contribution in [0.5, 0.6) is 0 Å². The maximum Gasteiger partial charge on any atom is 0.274 e. The maximum absolute atomic E-state index is 13.0. The standard InChI is InChI=1S/C20H20N10O4/c1-9(16-24-20(21)27-26-16)22-17(32)13-8-30(28-25-13)11-3-2-10-7-29(19(34)12(10)6-11)14-4-5-15(31)23-18(14)33/h2-3,6,8-9,14H,4-5,7H2,1H3,(H,22,32)(H,23,31,33)(H3,21,24,26,27). The zero-order valence-corrected chi connectivity index (χ0v) is 18.0. The molecule has 1 saturated heterocycles. The highest BCUT2D eigenvalue weighted by Crippen LogP contribution is 2.29. The summed E-state index contributed by atoms with van der Waals surface area (Å²) in [4.78, 5) is 54.6. The van der Waals surface area contributed by atoms with E-state index in [1.807, 2.05) is 0 Å². The number of aromatic amines is 1. The molecule has 2 aromatic heterocycles. The number of piperidine rings is 1. The van der Waals surface area contributed by atoms with Gasteiger partial charge in [0.05, 0.1) is 17.9 Å². The molecule has 34 heavy (non-hydrogen) atoms. The van der Waals surface area contributed by atoms with Crippen molar-refractivity contribution < 1.29 is 19.2 Å². The molecule has 0 radical (unpaired) electrons. The summed E-state index contributed by atoms with van der Waals surface area (Å²) in [5, 5.41) is 19.3. The smallest absolute Gasteiger partial charge is 0.274 e. The van der Waals surface area contributed by atoms with Gasteiger partial charge in [0.2, 0.25) is 17.8 Å². The highest BCUT2D eigenvalue weighted by atomic mass is 16.2. The molecule has 4 amide bonds. The Morgan fingerprint density at radius 1 is 1.29 bits per heavy atom. The number of benzene rings is 1. The molecule has 1 aromatic carbocycles. The molecule has 0 spiro atoms. The Hall–Kier alpha value is -4.62. The van der Waals surface area contributed by atoms with Gasteiger partial charge in [-0.3, -0.25) is 29.6 Å². The Kier molecular flexibility index (Phi) is 5.03. The number of anilines is 1. The molecule has 2 aliphatic rings. The highest BCUT2D eigenvalue weighted by molar-refractivity contribution is 6.05. The number of aromatic nitrogens is 6. The van der Waals surface area contributed by atoms with Gasteiger partial charge in [0.1, 0.15) is 11.9 Å². The summed E-state index contributed by atoms with van der Waals surface area (Å²) in [5.74, 6) is -1.11. The highest BCUT2D eigenvalue weighted by Gasteiger charge is 2.39. The molecule has 5 N–H and O–H groups in total. The first-order valence-corrected chi connectivity index (χ1v) is 10.5. The number of hydrogen-bond acceptors (Lipinski definition) is 9. The summed E-state index contributed by atoms with van der Waals surface area (Å²) in [5.41, 5.74) is 7.27. The van der Waals surface area contributed by atoms with Gasteiger partial charge in [-0.25, -0.2) is 4.68 Å². The zero-order valence-electron chi connectivity index (χ0n) is 18.0. The lowest BCUT2D eigenvalue weighted by Gasteiger charge is -2.29. The van der Waals surface area contributed by atoms with Crippen LogP contribution >= 0.6 is 0 Å². The van der Waals surface area contributed by atoms with Gasteiger partial charge in [-0.15, -0.1) is 10.2 Å². The van der Waals surface area contributed by atoms with Crippen molar-refractivity contribution >= 4 is 29.6 Å². The quantitative estimate of drug-likeness (QED) is 0.350. The number of H-pyrrole nitrogens is 1. The van der Waals surface area contributed by atoms with Crippen molar-refractivity contribution in [3.05, 3.63) is 47.0 Å². The maximum atomic E-state index is 13.0. The minimum absolute atomic E-state index is 0.0660. The van der Waals surface area contributed by atoms with Gasteiger partial charge in [0, 0.05) is 18.5 Å². The van der Waals surface area contributed by atoms with Crippen molar-refractivity contribution in [3.8, 4) is 5.69 Å². The number of imide groups is 1. The summed E-state index contributed by atoms with van der Waals surface area (Å²) in [6.07, 6.45) is 1.92. The number of rotatable bonds is 5. The molecule has 174 valence electrons.